The summed E-state index contributed by atoms with van der Waals surface area (Å²) in [5.41, 5.74) is 2.55. The molecule has 0 aliphatic rings. The zero-order chi connectivity index (χ0) is 8.23. The number of hydrogen-bond donors (Lipinski definition) is 0. The van der Waals surface area contributed by atoms with E-state index in [1.807, 2.05) is 12.1 Å². The van der Waals surface area contributed by atoms with Crippen LogP contribution < -0.4 is 0 Å². The van der Waals surface area contributed by atoms with Crippen LogP contribution in [0.4, 0.5) is 0 Å². The molecule has 0 heterocycles. The fraction of sp³-hybridized carbons (Fsp3) is 0. The minimum atomic E-state index is 0. The van der Waals surface area contributed by atoms with E-state index in [9.17, 15) is 0 Å². The second-order valence-corrected chi connectivity index (χ2v) is 2.73. The molecule has 0 spiro atoms. The van der Waals surface area contributed by atoms with Gasteiger partial charge in [-0.3, -0.25) is 0 Å². The molecule has 0 amide bonds. The monoisotopic (exact) mass is 184 g/mol. The van der Waals surface area contributed by atoms with E-state index in [2.05, 4.69) is 48.5 Å². The molecular formula is C12H13Al. The van der Waals surface area contributed by atoms with E-state index < -0.39 is 0 Å². The second-order valence-electron chi connectivity index (χ2n) is 2.73. The third-order valence-electron chi connectivity index (χ3n) is 1.88. The molecule has 0 aliphatic carbocycles. The van der Waals surface area contributed by atoms with E-state index in [1.165, 1.54) is 11.1 Å². The van der Waals surface area contributed by atoms with Crippen LogP contribution >= 0.6 is 0 Å². The maximum atomic E-state index is 2.12. The summed E-state index contributed by atoms with van der Waals surface area (Å²) in [6.45, 7) is 0. The quantitative estimate of drug-likeness (QED) is 0.596. The van der Waals surface area contributed by atoms with Crippen LogP contribution in [0.5, 0.6) is 0 Å². The molecule has 13 heavy (non-hydrogen) atoms. The van der Waals surface area contributed by atoms with Crippen molar-refractivity contribution in [3.8, 4) is 11.1 Å². The molecule has 0 atom stereocenters. The van der Waals surface area contributed by atoms with Gasteiger partial charge in [0.25, 0.3) is 0 Å². The van der Waals surface area contributed by atoms with Gasteiger partial charge in [-0.25, -0.2) is 0 Å². The minimum Gasteiger partial charge on any atom is -1.00 e. The van der Waals surface area contributed by atoms with Crippen LogP contribution in [0, 0.1) is 0 Å². The van der Waals surface area contributed by atoms with Crippen LogP contribution in [0.15, 0.2) is 60.7 Å². The number of hydrogen-bond acceptors (Lipinski definition) is 0. The molecule has 0 fully saturated rings. The molecule has 0 aliphatic heterocycles. The first-order chi connectivity index (χ1) is 5.97. The Hall–Kier alpha value is -1.03. The minimum absolute atomic E-state index is 0. The van der Waals surface area contributed by atoms with Crippen LogP contribution in [0.3, 0.4) is 0 Å². The Labute approximate surface area is 93.8 Å². The van der Waals surface area contributed by atoms with Crippen LogP contribution in [-0.4, -0.2) is 17.4 Å². The maximum Gasteiger partial charge on any atom is 3.00 e. The van der Waals surface area contributed by atoms with Crippen LogP contribution in [0.1, 0.15) is 4.28 Å². The van der Waals surface area contributed by atoms with E-state index in [4.69, 9.17) is 0 Å². The number of rotatable bonds is 1. The molecule has 2 rings (SSSR count). The first-order valence-corrected chi connectivity index (χ1v) is 4.07. The molecule has 0 unspecified atom stereocenters. The van der Waals surface area contributed by atoms with Gasteiger partial charge in [0.15, 0.2) is 0 Å². The van der Waals surface area contributed by atoms with Crippen LogP contribution in [0.2, 0.25) is 0 Å². The van der Waals surface area contributed by atoms with Crippen LogP contribution in [0.25, 0.3) is 11.1 Å². The standard InChI is InChI=1S/C12H10.Al.3H/c1-3-7-11(8-4-1)12-9-5-2-6-10-12;;;;/h1-10H;;;;/q;+3;3*-1. The Morgan fingerprint density at radius 3 is 1.15 bits per heavy atom. The van der Waals surface area contributed by atoms with Gasteiger partial charge in [0.2, 0.25) is 0 Å². The maximum absolute atomic E-state index is 2.12. The summed E-state index contributed by atoms with van der Waals surface area (Å²) in [4.78, 5) is 0. The molecule has 0 radical (unpaired) electrons. The van der Waals surface area contributed by atoms with Gasteiger partial charge < -0.3 is 4.28 Å². The molecule has 0 aromatic heterocycles. The van der Waals surface area contributed by atoms with Gasteiger partial charge in [-0.1, -0.05) is 60.7 Å². The van der Waals surface area contributed by atoms with Gasteiger partial charge in [0, 0.05) is 0 Å². The van der Waals surface area contributed by atoms with E-state index >= 15 is 0 Å². The zero-order valence-corrected chi connectivity index (χ0v) is 8.51. The van der Waals surface area contributed by atoms with Gasteiger partial charge in [0.05, 0.1) is 0 Å². The average Bonchev–Trinajstić information content (AvgIpc) is 2.21. The fourth-order valence-corrected chi connectivity index (χ4v) is 1.26. The summed E-state index contributed by atoms with van der Waals surface area (Å²) < 4.78 is 0. The summed E-state index contributed by atoms with van der Waals surface area (Å²) in [7, 11) is 0. The number of benzene rings is 2. The van der Waals surface area contributed by atoms with Gasteiger partial charge in [0.1, 0.15) is 0 Å². The summed E-state index contributed by atoms with van der Waals surface area (Å²) in [5, 5.41) is 0. The predicted molar refractivity (Wildman–Crippen MR) is 61.0 cm³/mol. The fourth-order valence-electron chi connectivity index (χ4n) is 1.26. The molecule has 0 saturated heterocycles. The molecule has 0 N–H and O–H groups in total. The normalized spacial score (nSPS) is 8.92. The smallest absolute Gasteiger partial charge is 1.00 e. The van der Waals surface area contributed by atoms with E-state index in [0.717, 1.165) is 0 Å². The average molecular weight is 184 g/mol. The first-order valence-electron chi connectivity index (χ1n) is 4.07. The third-order valence-corrected chi connectivity index (χ3v) is 1.88. The Morgan fingerprint density at radius 1 is 0.538 bits per heavy atom. The summed E-state index contributed by atoms with van der Waals surface area (Å²) in [6, 6.07) is 20.8. The zero-order valence-electron chi connectivity index (χ0n) is 10.4. The van der Waals surface area contributed by atoms with Crippen molar-refractivity contribution in [3.63, 3.8) is 0 Å². The van der Waals surface area contributed by atoms with Crippen molar-refractivity contribution in [3.05, 3.63) is 60.7 Å². The van der Waals surface area contributed by atoms with E-state index in [-0.39, 0.29) is 21.6 Å². The summed E-state index contributed by atoms with van der Waals surface area (Å²) in [6.07, 6.45) is 0. The molecule has 2 aromatic rings. The molecule has 0 nitrogen and oxygen atoms in total. The molecule has 0 saturated carbocycles. The Bertz CT molecular complexity index is 314. The van der Waals surface area contributed by atoms with Crippen molar-refractivity contribution in [2.75, 3.05) is 0 Å². The van der Waals surface area contributed by atoms with Crippen molar-refractivity contribution >= 4 is 17.4 Å². The third kappa shape index (κ3) is 2.45. The molecule has 0 bridgehead atoms. The van der Waals surface area contributed by atoms with Crippen molar-refractivity contribution in [1.82, 2.24) is 0 Å². The van der Waals surface area contributed by atoms with Gasteiger partial charge in [-0.2, -0.15) is 0 Å². The van der Waals surface area contributed by atoms with Gasteiger partial charge in [-0.15, -0.1) is 0 Å². The Balaban J connectivity index is -0.000000422. The van der Waals surface area contributed by atoms with Crippen molar-refractivity contribution < 1.29 is 4.28 Å². The van der Waals surface area contributed by atoms with Crippen LogP contribution in [-0.2, 0) is 0 Å². The molecule has 2 aromatic carbocycles. The Kier molecular flexibility index (Phi) is 3.77. The van der Waals surface area contributed by atoms with E-state index in [0.29, 0.717) is 0 Å². The molecule has 64 valence electrons. The molecule has 1 heteroatoms. The van der Waals surface area contributed by atoms with Crippen molar-refractivity contribution in [1.29, 1.82) is 0 Å². The topological polar surface area (TPSA) is 0 Å². The van der Waals surface area contributed by atoms with Gasteiger partial charge >= 0.3 is 17.4 Å². The summed E-state index contributed by atoms with van der Waals surface area (Å²) >= 11 is 0. The van der Waals surface area contributed by atoms with E-state index in [1.54, 1.807) is 0 Å². The molecular weight excluding hydrogens is 171 g/mol. The largest absolute Gasteiger partial charge is 3.00 e. The summed E-state index contributed by atoms with van der Waals surface area (Å²) in [5.74, 6) is 0. The van der Waals surface area contributed by atoms with Gasteiger partial charge in [-0.05, 0) is 11.1 Å². The predicted octanol–water partition coefficient (Wildman–Crippen LogP) is 3.31. The Morgan fingerprint density at radius 2 is 0.846 bits per heavy atom. The van der Waals surface area contributed by atoms with Crippen molar-refractivity contribution in [2.24, 2.45) is 0 Å². The second kappa shape index (κ2) is 4.87. The first kappa shape index (κ1) is 10.1. The SMILES string of the molecule is [Al+3].[H-].[H-].[H-].c1ccc(-c2ccccc2)cc1. The van der Waals surface area contributed by atoms with Crippen molar-refractivity contribution in [2.45, 2.75) is 0 Å².